The third-order valence-corrected chi connectivity index (χ3v) is 3.15. The Morgan fingerprint density at radius 3 is 2.41 bits per heavy atom. The van der Waals surface area contributed by atoms with E-state index in [1.165, 1.54) is 38.5 Å². The number of hydrogen-bond acceptors (Lipinski definition) is 2. The summed E-state index contributed by atoms with van der Waals surface area (Å²) in [6, 6.07) is 0. The Kier molecular flexibility index (Phi) is 9.89. The van der Waals surface area contributed by atoms with E-state index in [0.717, 1.165) is 6.42 Å². The molecule has 0 aromatic carbocycles. The summed E-state index contributed by atoms with van der Waals surface area (Å²) < 4.78 is 5.12. The molecule has 2 heteroatoms. The lowest BCUT2D eigenvalue weighted by atomic mass is 9.95. The van der Waals surface area contributed by atoms with Gasteiger partial charge in [-0.15, -0.1) is 0 Å². The molecule has 0 amide bonds. The molecule has 0 heterocycles. The molecule has 17 heavy (non-hydrogen) atoms. The zero-order chi connectivity index (χ0) is 13.1. The van der Waals surface area contributed by atoms with E-state index >= 15 is 0 Å². The van der Waals surface area contributed by atoms with E-state index in [-0.39, 0.29) is 5.97 Å². The molecular formula is C15H28O2. The van der Waals surface area contributed by atoms with Crippen LogP contribution in [0.15, 0.2) is 12.2 Å². The van der Waals surface area contributed by atoms with Gasteiger partial charge in [0, 0.05) is 5.57 Å². The molecule has 0 aromatic heterocycles. The van der Waals surface area contributed by atoms with Gasteiger partial charge in [0.25, 0.3) is 0 Å². The number of ether oxygens (including phenoxy) is 1. The van der Waals surface area contributed by atoms with Gasteiger partial charge >= 0.3 is 5.97 Å². The molecule has 1 atom stereocenters. The van der Waals surface area contributed by atoms with Gasteiger partial charge in [-0.2, -0.15) is 0 Å². The highest BCUT2D eigenvalue weighted by atomic mass is 16.5. The molecule has 0 aliphatic heterocycles. The van der Waals surface area contributed by atoms with Crippen molar-refractivity contribution in [3.8, 4) is 0 Å². The summed E-state index contributed by atoms with van der Waals surface area (Å²) in [5.74, 6) is 0.440. The molecule has 0 aliphatic rings. The van der Waals surface area contributed by atoms with Gasteiger partial charge in [0.2, 0.25) is 0 Å². The van der Waals surface area contributed by atoms with Crippen molar-refractivity contribution in [1.29, 1.82) is 0 Å². The van der Waals surface area contributed by atoms with Crippen molar-refractivity contribution in [3.05, 3.63) is 12.2 Å². The molecule has 0 bridgehead atoms. The fourth-order valence-corrected chi connectivity index (χ4v) is 1.85. The summed E-state index contributed by atoms with van der Waals surface area (Å²) in [6.45, 7) is 10.2. The van der Waals surface area contributed by atoms with Crippen LogP contribution in [-0.2, 0) is 9.53 Å². The third kappa shape index (κ3) is 8.96. The Balaban J connectivity index is 3.60. The topological polar surface area (TPSA) is 26.3 Å². The smallest absolute Gasteiger partial charge is 0.333 e. The van der Waals surface area contributed by atoms with Crippen LogP contribution in [0.25, 0.3) is 0 Å². The van der Waals surface area contributed by atoms with Crippen LogP contribution < -0.4 is 0 Å². The molecule has 2 nitrogen and oxygen atoms in total. The van der Waals surface area contributed by atoms with Crippen LogP contribution >= 0.6 is 0 Å². The lowest BCUT2D eigenvalue weighted by molar-refractivity contribution is -0.139. The minimum absolute atomic E-state index is 0.258. The van der Waals surface area contributed by atoms with Crippen LogP contribution in [0.5, 0.6) is 0 Å². The van der Waals surface area contributed by atoms with Crippen LogP contribution in [0.4, 0.5) is 0 Å². The van der Waals surface area contributed by atoms with Crippen molar-refractivity contribution in [2.75, 3.05) is 6.61 Å². The van der Waals surface area contributed by atoms with E-state index in [1.807, 2.05) is 0 Å². The first-order valence-electron chi connectivity index (χ1n) is 6.94. The van der Waals surface area contributed by atoms with E-state index in [1.54, 1.807) is 6.92 Å². The Bertz CT molecular complexity index is 221. The van der Waals surface area contributed by atoms with Crippen molar-refractivity contribution in [2.45, 2.75) is 65.7 Å². The fourth-order valence-electron chi connectivity index (χ4n) is 1.85. The van der Waals surface area contributed by atoms with Crippen molar-refractivity contribution < 1.29 is 9.53 Å². The van der Waals surface area contributed by atoms with Crippen LogP contribution in [0.1, 0.15) is 65.7 Å². The number of carbonyl (C=O) groups is 1. The maximum atomic E-state index is 11.2. The largest absolute Gasteiger partial charge is 0.462 e. The van der Waals surface area contributed by atoms with Crippen LogP contribution in [-0.4, -0.2) is 12.6 Å². The predicted octanol–water partition coefficient (Wildman–Crippen LogP) is 4.49. The summed E-state index contributed by atoms with van der Waals surface area (Å²) >= 11 is 0. The zero-order valence-corrected chi connectivity index (χ0v) is 11.8. The number of rotatable bonds is 10. The van der Waals surface area contributed by atoms with Gasteiger partial charge in [0.05, 0.1) is 6.61 Å². The lowest BCUT2D eigenvalue weighted by Crippen LogP contribution is -2.10. The first-order chi connectivity index (χ1) is 8.11. The summed E-state index contributed by atoms with van der Waals surface area (Å²) in [5.41, 5.74) is 0.487. The lowest BCUT2D eigenvalue weighted by Gasteiger charge is -2.14. The van der Waals surface area contributed by atoms with E-state index in [4.69, 9.17) is 4.74 Å². The number of carbonyl (C=O) groups excluding carboxylic acids is 1. The molecule has 1 unspecified atom stereocenters. The Morgan fingerprint density at radius 1 is 1.18 bits per heavy atom. The molecular weight excluding hydrogens is 212 g/mol. The maximum Gasteiger partial charge on any atom is 0.333 e. The van der Waals surface area contributed by atoms with Gasteiger partial charge in [-0.3, -0.25) is 0 Å². The van der Waals surface area contributed by atoms with Crippen molar-refractivity contribution >= 4 is 5.97 Å². The van der Waals surface area contributed by atoms with Crippen molar-refractivity contribution in [1.82, 2.24) is 0 Å². The average Bonchev–Trinajstić information content (AvgIpc) is 2.31. The predicted molar refractivity (Wildman–Crippen MR) is 72.9 cm³/mol. The number of unbranched alkanes of at least 4 members (excludes halogenated alkanes) is 3. The van der Waals surface area contributed by atoms with E-state index in [2.05, 4.69) is 20.4 Å². The molecule has 100 valence electrons. The first-order valence-corrected chi connectivity index (χ1v) is 6.94. The minimum atomic E-state index is -0.258. The van der Waals surface area contributed by atoms with Gasteiger partial charge < -0.3 is 4.74 Å². The fraction of sp³-hybridized carbons (Fsp3) is 0.800. The van der Waals surface area contributed by atoms with Crippen LogP contribution in [0.3, 0.4) is 0 Å². The van der Waals surface area contributed by atoms with Crippen molar-refractivity contribution in [3.63, 3.8) is 0 Å². The van der Waals surface area contributed by atoms with Gasteiger partial charge in [-0.25, -0.2) is 4.79 Å². The van der Waals surface area contributed by atoms with E-state index < -0.39 is 0 Å². The summed E-state index contributed by atoms with van der Waals surface area (Å²) in [4.78, 5) is 11.2. The summed E-state index contributed by atoms with van der Waals surface area (Å²) in [7, 11) is 0. The number of esters is 1. The molecule has 0 radical (unpaired) electrons. The molecule has 0 N–H and O–H groups in total. The maximum absolute atomic E-state index is 11.2. The third-order valence-electron chi connectivity index (χ3n) is 3.15. The standard InChI is InChI=1S/C15H28O2/c1-5-7-8-9-10-14(6-2)11-12-17-15(16)13(3)4/h14H,3,5-12H2,1-2,4H3. The highest BCUT2D eigenvalue weighted by molar-refractivity contribution is 5.86. The highest BCUT2D eigenvalue weighted by Crippen LogP contribution is 2.17. The second kappa shape index (κ2) is 10.4. The minimum Gasteiger partial charge on any atom is -0.462 e. The zero-order valence-electron chi connectivity index (χ0n) is 11.8. The Labute approximate surface area is 106 Å². The van der Waals surface area contributed by atoms with E-state index in [9.17, 15) is 4.79 Å². The Morgan fingerprint density at radius 2 is 1.88 bits per heavy atom. The van der Waals surface area contributed by atoms with E-state index in [0.29, 0.717) is 18.1 Å². The summed E-state index contributed by atoms with van der Waals surface area (Å²) in [6.07, 6.45) is 8.69. The second-order valence-electron chi connectivity index (χ2n) is 4.83. The van der Waals surface area contributed by atoms with Crippen LogP contribution in [0, 0.1) is 5.92 Å². The van der Waals surface area contributed by atoms with Gasteiger partial charge in [-0.05, 0) is 19.3 Å². The van der Waals surface area contributed by atoms with Crippen molar-refractivity contribution in [2.24, 2.45) is 5.92 Å². The molecule has 0 fully saturated rings. The van der Waals surface area contributed by atoms with Gasteiger partial charge in [0.1, 0.15) is 0 Å². The molecule has 0 rings (SSSR count). The first kappa shape index (κ1) is 16.2. The second-order valence-corrected chi connectivity index (χ2v) is 4.83. The van der Waals surface area contributed by atoms with Gasteiger partial charge in [0.15, 0.2) is 0 Å². The van der Waals surface area contributed by atoms with Gasteiger partial charge in [-0.1, -0.05) is 59.0 Å². The molecule has 0 spiro atoms. The molecule has 0 aromatic rings. The molecule has 0 saturated heterocycles. The average molecular weight is 240 g/mol. The quantitative estimate of drug-likeness (QED) is 0.319. The SMILES string of the molecule is C=C(C)C(=O)OCCC(CC)CCCCCC. The summed E-state index contributed by atoms with van der Waals surface area (Å²) in [5, 5.41) is 0. The molecule has 0 saturated carbocycles. The highest BCUT2D eigenvalue weighted by Gasteiger charge is 2.08. The number of hydrogen-bond donors (Lipinski definition) is 0. The monoisotopic (exact) mass is 240 g/mol. The van der Waals surface area contributed by atoms with Crippen LogP contribution in [0.2, 0.25) is 0 Å². The molecule has 0 aliphatic carbocycles. The Hall–Kier alpha value is -0.790. The normalized spacial score (nSPS) is 12.2.